The molecule has 0 aliphatic carbocycles. The maximum absolute atomic E-state index is 4.00. The van der Waals surface area contributed by atoms with Gasteiger partial charge in [-0.3, -0.25) is 4.98 Å². The lowest BCUT2D eigenvalue weighted by Gasteiger charge is -2.33. The Balaban J connectivity index is 2.08. The minimum Gasteiger partial charge on any atom is -0.367 e. The minimum atomic E-state index is 0.558. The molecule has 1 atom stereocenters. The molecular weight excluding hydrogens is 162 g/mol. The highest BCUT2D eigenvalue weighted by atomic mass is 15.2. The Morgan fingerprint density at radius 3 is 3.31 bits per heavy atom. The minimum absolute atomic E-state index is 0.558. The Morgan fingerprint density at radius 1 is 1.69 bits per heavy atom. The molecule has 1 unspecified atom stereocenters. The molecule has 1 aromatic rings. The number of pyridine rings is 1. The number of anilines is 1. The van der Waals surface area contributed by atoms with Gasteiger partial charge in [-0.25, -0.2) is 0 Å². The van der Waals surface area contributed by atoms with E-state index in [1.54, 1.807) is 6.20 Å². The van der Waals surface area contributed by atoms with E-state index in [-0.39, 0.29) is 0 Å². The molecule has 1 fully saturated rings. The van der Waals surface area contributed by atoms with Crippen LogP contribution in [0.15, 0.2) is 18.3 Å². The molecule has 1 N–H and O–H groups in total. The van der Waals surface area contributed by atoms with E-state index >= 15 is 0 Å². The number of aromatic nitrogens is 1. The third kappa shape index (κ3) is 1.98. The Kier molecular flexibility index (Phi) is 2.45. The van der Waals surface area contributed by atoms with Crippen LogP contribution < -0.4 is 10.2 Å². The quantitative estimate of drug-likeness (QED) is 0.682. The normalized spacial score (nSPS) is 23.2. The van der Waals surface area contributed by atoms with Gasteiger partial charge < -0.3 is 10.2 Å². The maximum Gasteiger partial charge on any atom is 0.114 e. The predicted octanol–water partition coefficient (Wildman–Crippen LogP) is 0.680. The number of hydrogen-bond donors (Lipinski definition) is 1. The largest absolute Gasteiger partial charge is 0.367 e. The van der Waals surface area contributed by atoms with Crippen molar-refractivity contribution in [2.75, 3.05) is 24.5 Å². The number of nitrogens with one attached hydrogen (secondary N) is 1. The Hall–Kier alpha value is -1.09. The van der Waals surface area contributed by atoms with Crippen LogP contribution in [-0.4, -0.2) is 30.7 Å². The van der Waals surface area contributed by atoms with Crippen LogP contribution in [0, 0.1) is 6.20 Å². The van der Waals surface area contributed by atoms with Crippen LogP contribution in [-0.2, 0) is 0 Å². The molecule has 1 aliphatic heterocycles. The van der Waals surface area contributed by atoms with Crippen LogP contribution in [0.25, 0.3) is 0 Å². The van der Waals surface area contributed by atoms with Crippen LogP contribution >= 0.6 is 0 Å². The molecule has 1 aliphatic rings. The molecule has 1 radical (unpaired) electrons. The summed E-state index contributed by atoms with van der Waals surface area (Å²) in [5.74, 6) is 0. The molecule has 0 amide bonds. The Bertz CT molecular complexity index is 260. The van der Waals surface area contributed by atoms with Gasteiger partial charge in [0.05, 0.1) is 5.69 Å². The van der Waals surface area contributed by atoms with Crippen molar-refractivity contribution in [1.82, 2.24) is 10.3 Å². The lowest BCUT2D eigenvalue weighted by Crippen LogP contribution is -2.49. The summed E-state index contributed by atoms with van der Waals surface area (Å²) < 4.78 is 0. The summed E-state index contributed by atoms with van der Waals surface area (Å²) >= 11 is 0. The summed E-state index contributed by atoms with van der Waals surface area (Å²) in [4.78, 5) is 6.31. The van der Waals surface area contributed by atoms with Gasteiger partial charge in [0.1, 0.15) is 6.20 Å². The average Bonchev–Trinajstić information content (AvgIpc) is 2.19. The summed E-state index contributed by atoms with van der Waals surface area (Å²) in [6, 6.07) is 4.58. The van der Waals surface area contributed by atoms with E-state index < -0.39 is 0 Å². The topological polar surface area (TPSA) is 28.2 Å². The smallest absolute Gasteiger partial charge is 0.114 e. The molecule has 0 bridgehead atoms. The summed E-state index contributed by atoms with van der Waals surface area (Å²) in [6.07, 6.45) is 4.77. The first-order valence-electron chi connectivity index (χ1n) is 4.67. The highest BCUT2D eigenvalue weighted by molar-refractivity contribution is 5.43. The number of nitrogens with zero attached hydrogens (tertiary/aromatic N) is 2. The predicted molar refractivity (Wildman–Crippen MR) is 52.8 cm³/mol. The van der Waals surface area contributed by atoms with Crippen molar-refractivity contribution in [2.24, 2.45) is 0 Å². The first kappa shape index (κ1) is 8.51. The van der Waals surface area contributed by atoms with E-state index in [0.717, 1.165) is 25.3 Å². The van der Waals surface area contributed by atoms with Crippen LogP contribution in [0.3, 0.4) is 0 Å². The first-order chi connectivity index (χ1) is 6.36. The van der Waals surface area contributed by atoms with Gasteiger partial charge in [-0.2, -0.15) is 0 Å². The molecule has 3 nitrogen and oxygen atoms in total. The maximum atomic E-state index is 4.00. The van der Waals surface area contributed by atoms with Gasteiger partial charge in [-0.1, -0.05) is 0 Å². The van der Waals surface area contributed by atoms with E-state index in [9.17, 15) is 0 Å². The van der Waals surface area contributed by atoms with Crippen LogP contribution in [0.4, 0.5) is 5.69 Å². The summed E-state index contributed by atoms with van der Waals surface area (Å²) in [5.41, 5.74) is 1.11. The van der Waals surface area contributed by atoms with Crippen LogP contribution in [0.5, 0.6) is 0 Å². The molecule has 0 aromatic carbocycles. The van der Waals surface area contributed by atoms with Gasteiger partial charge in [-0.15, -0.1) is 0 Å². The van der Waals surface area contributed by atoms with Crippen molar-refractivity contribution in [1.29, 1.82) is 0 Å². The number of piperazine rings is 1. The third-order valence-electron chi connectivity index (χ3n) is 2.30. The van der Waals surface area contributed by atoms with E-state index in [2.05, 4.69) is 34.4 Å². The summed E-state index contributed by atoms with van der Waals surface area (Å²) in [6.45, 7) is 5.33. The van der Waals surface area contributed by atoms with Crippen molar-refractivity contribution < 1.29 is 0 Å². The zero-order valence-electron chi connectivity index (χ0n) is 7.83. The van der Waals surface area contributed by atoms with E-state index in [1.165, 1.54) is 0 Å². The second-order valence-corrected chi connectivity index (χ2v) is 3.44. The monoisotopic (exact) mass is 176 g/mol. The average molecular weight is 176 g/mol. The molecule has 13 heavy (non-hydrogen) atoms. The highest BCUT2D eigenvalue weighted by Gasteiger charge is 2.15. The zero-order chi connectivity index (χ0) is 9.10. The molecule has 69 valence electrons. The van der Waals surface area contributed by atoms with E-state index in [1.807, 2.05) is 6.07 Å². The van der Waals surface area contributed by atoms with Gasteiger partial charge in [0.25, 0.3) is 0 Å². The zero-order valence-corrected chi connectivity index (χ0v) is 7.83. The molecule has 0 spiro atoms. The standard InChI is InChI=1S/C10H14N3/c1-9-8-13(6-5-12-9)10-3-2-4-11-7-10/h2-4,9,12H,5-6,8H2,1H3. The van der Waals surface area contributed by atoms with Crippen molar-refractivity contribution in [2.45, 2.75) is 13.0 Å². The highest BCUT2D eigenvalue weighted by Crippen LogP contribution is 2.12. The molecule has 2 heterocycles. The second-order valence-electron chi connectivity index (χ2n) is 3.44. The van der Waals surface area contributed by atoms with Crippen LogP contribution in [0.2, 0.25) is 0 Å². The first-order valence-corrected chi connectivity index (χ1v) is 4.67. The third-order valence-corrected chi connectivity index (χ3v) is 2.30. The number of hydrogen-bond acceptors (Lipinski definition) is 3. The Morgan fingerprint density at radius 2 is 2.62 bits per heavy atom. The lowest BCUT2D eigenvalue weighted by atomic mass is 10.2. The fraction of sp³-hybridized carbons (Fsp3) is 0.500. The van der Waals surface area contributed by atoms with Crippen molar-refractivity contribution in [3.05, 3.63) is 24.5 Å². The lowest BCUT2D eigenvalue weighted by molar-refractivity contribution is 0.484. The van der Waals surface area contributed by atoms with E-state index in [4.69, 9.17) is 0 Å². The Labute approximate surface area is 78.8 Å². The van der Waals surface area contributed by atoms with Gasteiger partial charge in [0, 0.05) is 31.9 Å². The molecule has 3 heteroatoms. The van der Waals surface area contributed by atoms with Gasteiger partial charge in [-0.05, 0) is 19.1 Å². The van der Waals surface area contributed by atoms with Gasteiger partial charge in [0.15, 0.2) is 0 Å². The van der Waals surface area contributed by atoms with Crippen LogP contribution in [0.1, 0.15) is 6.92 Å². The van der Waals surface area contributed by atoms with Gasteiger partial charge in [0.2, 0.25) is 0 Å². The molecule has 1 saturated heterocycles. The SMILES string of the molecule is CC1CN(c2[c]nccc2)CCN1. The summed E-state index contributed by atoms with van der Waals surface area (Å²) in [7, 11) is 0. The van der Waals surface area contributed by atoms with E-state index in [0.29, 0.717) is 6.04 Å². The fourth-order valence-electron chi connectivity index (χ4n) is 1.65. The van der Waals surface area contributed by atoms with Crippen molar-refractivity contribution in [3.63, 3.8) is 0 Å². The van der Waals surface area contributed by atoms with Crippen molar-refractivity contribution in [3.8, 4) is 0 Å². The molecular formula is C10H14N3. The summed E-state index contributed by atoms with van der Waals surface area (Å²) in [5, 5.41) is 3.41. The molecule has 0 saturated carbocycles. The second kappa shape index (κ2) is 3.75. The van der Waals surface area contributed by atoms with Gasteiger partial charge >= 0.3 is 0 Å². The number of rotatable bonds is 1. The fourth-order valence-corrected chi connectivity index (χ4v) is 1.65. The molecule has 1 aromatic heterocycles. The molecule has 2 rings (SSSR count). The van der Waals surface area contributed by atoms with Crippen molar-refractivity contribution >= 4 is 5.69 Å².